The molecule has 1 N–H and O–H groups in total. The molecule has 0 saturated carbocycles. The van der Waals surface area contributed by atoms with Crippen LogP contribution in [0.15, 0.2) is 34.7 Å². The lowest BCUT2D eigenvalue weighted by molar-refractivity contribution is 0.0601. The van der Waals surface area contributed by atoms with Gasteiger partial charge in [-0.1, -0.05) is 23.2 Å². The molecule has 2 heterocycles. The van der Waals surface area contributed by atoms with Crippen LogP contribution in [0.25, 0.3) is 0 Å². The molecule has 0 aliphatic heterocycles. The Kier molecular flexibility index (Phi) is 6.04. The number of halogens is 2. The van der Waals surface area contributed by atoms with E-state index in [0.29, 0.717) is 32.1 Å². The van der Waals surface area contributed by atoms with Crippen LogP contribution in [0.3, 0.4) is 0 Å². The summed E-state index contributed by atoms with van der Waals surface area (Å²) < 4.78 is 16.1. The summed E-state index contributed by atoms with van der Waals surface area (Å²) in [4.78, 5) is 26.0. The number of hydrogen-bond donors (Lipinski definition) is 1. The van der Waals surface area contributed by atoms with Crippen LogP contribution >= 0.6 is 34.5 Å². The van der Waals surface area contributed by atoms with Gasteiger partial charge < -0.3 is 19.2 Å². The van der Waals surface area contributed by atoms with Crippen LogP contribution in [-0.2, 0) is 24.2 Å². The SMILES string of the molecule is COC(=O)c1c(NC(=O)c2ccc(COc3ccc(Cl)cc3Cl)o2)sc2c1CCC2. The third-order valence-corrected chi connectivity index (χ3v) is 6.42. The first-order chi connectivity index (χ1) is 14.5. The molecule has 0 unspecified atom stereocenters. The minimum atomic E-state index is -0.448. The monoisotopic (exact) mass is 465 g/mol. The molecule has 6 nitrogen and oxygen atoms in total. The van der Waals surface area contributed by atoms with Crippen molar-refractivity contribution in [2.45, 2.75) is 25.9 Å². The Morgan fingerprint density at radius 3 is 2.80 bits per heavy atom. The highest BCUT2D eigenvalue weighted by molar-refractivity contribution is 7.17. The van der Waals surface area contributed by atoms with Gasteiger partial charge in [-0.05, 0) is 55.2 Å². The Morgan fingerprint density at radius 1 is 1.20 bits per heavy atom. The van der Waals surface area contributed by atoms with Gasteiger partial charge in [0.2, 0.25) is 0 Å². The largest absolute Gasteiger partial charge is 0.484 e. The van der Waals surface area contributed by atoms with E-state index in [-0.39, 0.29) is 12.4 Å². The normalized spacial score (nSPS) is 12.5. The van der Waals surface area contributed by atoms with Crippen molar-refractivity contribution in [2.24, 2.45) is 0 Å². The number of nitrogens with one attached hydrogen (secondary N) is 1. The van der Waals surface area contributed by atoms with Crippen LogP contribution in [0.1, 0.15) is 43.5 Å². The maximum absolute atomic E-state index is 12.7. The quantitative estimate of drug-likeness (QED) is 0.468. The fourth-order valence-corrected chi connectivity index (χ4v) is 5.03. The molecular weight excluding hydrogens is 449 g/mol. The first kappa shape index (κ1) is 20.8. The minimum absolute atomic E-state index is 0.0926. The predicted octanol–water partition coefficient (Wildman–Crippen LogP) is 5.75. The van der Waals surface area contributed by atoms with Crippen molar-refractivity contribution in [3.05, 3.63) is 67.9 Å². The third kappa shape index (κ3) is 4.19. The van der Waals surface area contributed by atoms with Crippen molar-refractivity contribution in [3.63, 3.8) is 0 Å². The standard InChI is InChI=1S/C21H17Cl2NO5S/c1-27-21(26)18-13-3-2-4-17(13)30-20(18)24-19(25)16-8-6-12(29-16)10-28-15-7-5-11(22)9-14(15)23/h5-9H,2-4,10H2,1H3,(H,24,25). The van der Waals surface area contributed by atoms with Gasteiger partial charge in [-0.3, -0.25) is 4.79 Å². The highest BCUT2D eigenvalue weighted by Crippen LogP contribution is 2.39. The topological polar surface area (TPSA) is 77.8 Å². The van der Waals surface area contributed by atoms with Gasteiger partial charge in [-0.25, -0.2) is 4.79 Å². The van der Waals surface area contributed by atoms with Crippen molar-refractivity contribution in [3.8, 4) is 5.75 Å². The molecule has 0 fully saturated rings. The molecule has 1 aliphatic carbocycles. The van der Waals surface area contributed by atoms with E-state index in [4.69, 9.17) is 37.1 Å². The molecule has 30 heavy (non-hydrogen) atoms. The van der Waals surface area contributed by atoms with E-state index in [0.717, 1.165) is 29.7 Å². The van der Waals surface area contributed by atoms with Crippen molar-refractivity contribution in [1.82, 2.24) is 0 Å². The molecule has 3 aromatic rings. The van der Waals surface area contributed by atoms with Crippen LogP contribution in [0, 0.1) is 0 Å². The van der Waals surface area contributed by atoms with Gasteiger partial charge in [0, 0.05) is 9.90 Å². The Morgan fingerprint density at radius 2 is 2.03 bits per heavy atom. The fraction of sp³-hybridized carbons (Fsp3) is 0.238. The van der Waals surface area contributed by atoms with E-state index in [2.05, 4.69) is 5.32 Å². The average Bonchev–Trinajstić information content (AvgIpc) is 3.43. The van der Waals surface area contributed by atoms with E-state index >= 15 is 0 Å². The highest BCUT2D eigenvalue weighted by atomic mass is 35.5. The molecule has 0 atom stereocenters. The van der Waals surface area contributed by atoms with Crippen LogP contribution in [0.5, 0.6) is 5.75 Å². The number of thiophene rings is 1. The second-order valence-corrected chi connectivity index (χ2v) is 8.59. The van der Waals surface area contributed by atoms with Gasteiger partial charge in [0.05, 0.1) is 17.7 Å². The minimum Gasteiger partial charge on any atom is -0.484 e. The smallest absolute Gasteiger partial charge is 0.341 e. The summed E-state index contributed by atoms with van der Waals surface area (Å²) in [6.07, 6.45) is 2.70. The first-order valence-corrected chi connectivity index (χ1v) is 10.7. The van der Waals surface area contributed by atoms with E-state index in [1.807, 2.05) is 0 Å². The molecule has 156 valence electrons. The number of aryl methyl sites for hydroxylation is 1. The van der Waals surface area contributed by atoms with Gasteiger partial charge in [0.15, 0.2) is 5.76 Å². The number of furan rings is 1. The maximum atomic E-state index is 12.7. The second kappa shape index (κ2) is 8.71. The molecular formula is C21H17Cl2NO5S. The number of hydrogen-bond acceptors (Lipinski definition) is 6. The van der Waals surface area contributed by atoms with Crippen molar-refractivity contribution < 1.29 is 23.5 Å². The van der Waals surface area contributed by atoms with Gasteiger partial charge in [-0.2, -0.15) is 0 Å². The summed E-state index contributed by atoms with van der Waals surface area (Å²) >= 11 is 13.4. The molecule has 0 bridgehead atoms. The number of methoxy groups -OCH3 is 1. The molecule has 1 aromatic carbocycles. The zero-order valence-electron chi connectivity index (χ0n) is 15.9. The summed E-state index contributed by atoms with van der Waals surface area (Å²) in [5.41, 5.74) is 1.41. The zero-order valence-corrected chi connectivity index (χ0v) is 18.2. The van der Waals surface area contributed by atoms with E-state index < -0.39 is 11.9 Å². The zero-order chi connectivity index (χ0) is 21.3. The Hall–Kier alpha value is -2.48. The molecule has 0 saturated heterocycles. The number of ether oxygens (including phenoxy) is 2. The van der Waals surface area contributed by atoms with Crippen molar-refractivity contribution in [2.75, 3.05) is 12.4 Å². The second-order valence-electron chi connectivity index (χ2n) is 6.64. The fourth-order valence-electron chi connectivity index (χ4n) is 3.29. The van der Waals surface area contributed by atoms with Gasteiger partial charge in [0.25, 0.3) is 5.91 Å². The summed E-state index contributed by atoms with van der Waals surface area (Å²) in [6, 6.07) is 8.11. The molecule has 4 rings (SSSR count). The maximum Gasteiger partial charge on any atom is 0.341 e. The van der Waals surface area contributed by atoms with Crippen LogP contribution in [-0.4, -0.2) is 19.0 Å². The van der Waals surface area contributed by atoms with E-state index in [9.17, 15) is 9.59 Å². The number of rotatable bonds is 6. The first-order valence-electron chi connectivity index (χ1n) is 9.17. The number of amides is 1. The average molecular weight is 466 g/mol. The Bertz CT molecular complexity index is 1120. The summed E-state index contributed by atoms with van der Waals surface area (Å²) in [5, 5.41) is 4.16. The summed E-state index contributed by atoms with van der Waals surface area (Å²) in [5.74, 6) is 0.126. The van der Waals surface area contributed by atoms with Gasteiger partial charge in [0.1, 0.15) is 23.1 Å². The van der Waals surface area contributed by atoms with Crippen LogP contribution in [0.4, 0.5) is 5.00 Å². The van der Waals surface area contributed by atoms with E-state index in [1.165, 1.54) is 18.4 Å². The van der Waals surface area contributed by atoms with Gasteiger partial charge in [-0.15, -0.1) is 11.3 Å². The van der Waals surface area contributed by atoms with Gasteiger partial charge >= 0.3 is 5.97 Å². The number of benzene rings is 1. The number of carbonyl (C=O) groups is 2. The lowest BCUT2D eigenvalue weighted by Gasteiger charge is -2.07. The van der Waals surface area contributed by atoms with Crippen LogP contribution < -0.4 is 10.1 Å². The molecule has 1 aliphatic rings. The van der Waals surface area contributed by atoms with Crippen molar-refractivity contribution >= 4 is 51.4 Å². The third-order valence-electron chi connectivity index (χ3n) is 4.69. The lowest BCUT2D eigenvalue weighted by atomic mass is 10.1. The molecule has 9 heteroatoms. The highest BCUT2D eigenvalue weighted by Gasteiger charge is 2.28. The predicted molar refractivity (Wildman–Crippen MR) is 115 cm³/mol. The summed E-state index contributed by atoms with van der Waals surface area (Å²) in [7, 11) is 1.33. The van der Waals surface area contributed by atoms with Crippen molar-refractivity contribution in [1.29, 1.82) is 0 Å². The number of carbonyl (C=O) groups excluding carboxylic acids is 2. The molecule has 0 spiro atoms. The number of anilines is 1. The van der Waals surface area contributed by atoms with E-state index in [1.54, 1.807) is 30.3 Å². The molecule has 1 amide bonds. The molecule has 0 radical (unpaired) electrons. The summed E-state index contributed by atoms with van der Waals surface area (Å²) in [6.45, 7) is 0.0926. The number of esters is 1. The Balaban J connectivity index is 1.45. The molecule has 2 aromatic heterocycles. The number of fused-ring (bicyclic) bond motifs is 1. The Labute approximate surface area is 186 Å². The lowest BCUT2D eigenvalue weighted by Crippen LogP contribution is -2.14. The van der Waals surface area contributed by atoms with Crippen LogP contribution in [0.2, 0.25) is 10.0 Å².